The van der Waals surface area contributed by atoms with Crippen LogP contribution in [0.2, 0.25) is 0 Å². The first-order chi connectivity index (χ1) is 12.2. The van der Waals surface area contributed by atoms with E-state index in [2.05, 4.69) is 65.8 Å². The van der Waals surface area contributed by atoms with Crippen molar-refractivity contribution in [2.45, 2.75) is 65.3 Å². The average molecular weight is 352 g/mol. The van der Waals surface area contributed by atoms with E-state index >= 15 is 0 Å². The zero-order valence-corrected chi connectivity index (χ0v) is 16.7. The summed E-state index contributed by atoms with van der Waals surface area (Å²) in [5, 5.41) is 0. The molecular formula is C22H29BO3. The van der Waals surface area contributed by atoms with E-state index in [4.69, 9.17) is 14.0 Å². The van der Waals surface area contributed by atoms with Gasteiger partial charge in [0.1, 0.15) is 12.4 Å². The highest BCUT2D eigenvalue weighted by Gasteiger charge is 2.51. The van der Waals surface area contributed by atoms with Gasteiger partial charge in [-0.3, -0.25) is 0 Å². The number of rotatable bonds is 5. The fourth-order valence-electron chi connectivity index (χ4n) is 2.91. The first kappa shape index (κ1) is 19.0. The van der Waals surface area contributed by atoms with Gasteiger partial charge in [-0.05, 0) is 62.3 Å². The maximum absolute atomic E-state index is 6.09. The Morgan fingerprint density at radius 2 is 1.54 bits per heavy atom. The summed E-state index contributed by atoms with van der Waals surface area (Å²) in [5.74, 6) is 1.37. The van der Waals surface area contributed by atoms with Crippen LogP contribution in [0.5, 0.6) is 5.75 Å². The molecule has 0 aromatic heterocycles. The maximum atomic E-state index is 6.09. The second kappa shape index (κ2) is 7.09. The Morgan fingerprint density at radius 3 is 2.12 bits per heavy atom. The van der Waals surface area contributed by atoms with E-state index in [-0.39, 0.29) is 18.3 Å². The summed E-state index contributed by atoms with van der Waals surface area (Å²) < 4.78 is 18.1. The Balaban J connectivity index is 1.63. The van der Waals surface area contributed by atoms with Gasteiger partial charge >= 0.3 is 7.12 Å². The van der Waals surface area contributed by atoms with Crippen molar-refractivity contribution in [2.75, 3.05) is 0 Å². The summed E-state index contributed by atoms with van der Waals surface area (Å²) in [6.07, 6.45) is 0. The van der Waals surface area contributed by atoms with E-state index in [1.54, 1.807) is 0 Å². The Morgan fingerprint density at radius 1 is 0.923 bits per heavy atom. The van der Waals surface area contributed by atoms with Gasteiger partial charge in [-0.25, -0.2) is 0 Å². The highest BCUT2D eigenvalue weighted by Crippen LogP contribution is 2.36. The molecule has 1 aliphatic heterocycles. The maximum Gasteiger partial charge on any atom is 0.494 e. The summed E-state index contributed by atoms with van der Waals surface area (Å²) in [4.78, 5) is 0. The first-order valence-electron chi connectivity index (χ1n) is 9.35. The molecule has 0 bridgehead atoms. The van der Waals surface area contributed by atoms with Gasteiger partial charge in [0, 0.05) is 0 Å². The van der Waals surface area contributed by atoms with E-state index in [1.807, 2.05) is 24.3 Å². The van der Waals surface area contributed by atoms with Crippen molar-refractivity contribution in [3.63, 3.8) is 0 Å². The molecule has 0 atom stereocenters. The highest BCUT2D eigenvalue weighted by atomic mass is 16.7. The van der Waals surface area contributed by atoms with Gasteiger partial charge in [0.15, 0.2) is 0 Å². The zero-order chi connectivity index (χ0) is 18.9. The van der Waals surface area contributed by atoms with Gasteiger partial charge < -0.3 is 14.0 Å². The predicted molar refractivity (Wildman–Crippen MR) is 107 cm³/mol. The van der Waals surface area contributed by atoms with Crippen LogP contribution in [0.4, 0.5) is 0 Å². The smallest absolute Gasteiger partial charge is 0.489 e. The van der Waals surface area contributed by atoms with E-state index < -0.39 is 0 Å². The largest absolute Gasteiger partial charge is 0.494 e. The van der Waals surface area contributed by atoms with Crippen molar-refractivity contribution >= 4 is 12.6 Å². The number of hydrogen-bond acceptors (Lipinski definition) is 3. The Bertz CT molecular complexity index is 734. The summed E-state index contributed by atoms with van der Waals surface area (Å²) in [7, 11) is -0.336. The molecule has 1 aliphatic rings. The third-order valence-electron chi connectivity index (χ3n) is 5.43. The molecule has 0 saturated carbocycles. The summed E-state index contributed by atoms with van der Waals surface area (Å²) in [6, 6.07) is 16.6. The third kappa shape index (κ3) is 3.97. The average Bonchev–Trinajstić information content (AvgIpc) is 2.81. The van der Waals surface area contributed by atoms with E-state index in [1.165, 1.54) is 11.1 Å². The molecule has 0 aliphatic carbocycles. The van der Waals surface area contributed by atoms with Gasteiger partial charge in [0.2, 0.25) is 0 Å². The molecule has 2 aromatic carbocycles. The van der Waals surface area contributed by atoms with Crippen LogP contribution in [-0.4, -0.2) is 18.3 Å². The lowest BCUT2D eigenvalue weighted by Crippen LogP contribution is -2.41. The van der Waals surface area contributed by atoms with Crippen molar-refractivity contribution in [1.29, 1.82) is 0 Å². The van der Waals surface area contributed by atoms with Crippen LogP contribution in [0.25, 0.3) is 0 Å². The molecule has 0 N–H and O–H groups in total. The minimum atomic E-state index is -0.336. The standard InChI is InChI=1S/C22H29BO3/c1-16(2)18-9-7-8-17(14-18)15-24-20-12-10-19(11-13-20)23-25-21(3,4)22(5,6)26-23/h7-14,16H,15H2,1-6H3. The Hall–Kier alpha value is -1.78. The van der Waals surface area contributed by atoms with Crippen LogP contribution in [0.3, 0.4) is 0 Å². The summed E-state index contributed by atoms with van der Waals surface area (Å²) >= 11 is 0. The third-order valence-corrected chi connectivity index (χ3v) is 5.43. The lowest BCUT2D eigenvalue weighted by atomic mass is 9.79. The van der Waals surface area contributed by atoms with Crippen LogP contribution < -0.4 is 10.2 Å². The number of hydrogen-bond donors (Lipinski definition) is 0. The molecule has 2 aromatic rings. The van der Waals surface area contributed by atoms with E-state index in [9.17, 15) is 0 Å². The van der Waals surface area contributed by atoms with Gasteiger partial charge in [-0.15, -0.1) is 0 Å². The quantitative estimate of drug-likeness (QED) is 0.731. The van der Waals surface area contributed by atoms with Crippen molar-refractivity contribution in [1.82, 2.24) is 0 Å². The predicted octanol–water partition coefficient (Wildman–Crippen LogP) is 4.69. The van der Waals surface area contributed by atoms with Gasteiger partial charge in [0.25, 0.3) is 0 Å². The van der Waals surface area contributed by atoms with Crippen molar-refractivity contribution in [3.05, 3.63) is 59.7 Å². The summed E-state index contributed by atoms with van der Waals surface area (Å²) in [6.45, 7) is 13.2. The topological polar surface area (TPSA) is 27.7 Å². The number of benzene rings is 2. The molecule has 1 saturated heterocycles. The molecule has 26 heavy (non-hydrogen) atoms. The monoisotopic (exact) mass is 352 g/mol. The Kier molecular flexibility index (Phi) is 5.18. The van der Waals surface area contributed by atoms with E-state index in [0.29, 0.717) is 12.5 Å². The van der Waals surface area contributed by atoms with Gasteiger partial charge in [-0.2, -0.15) is 0 Å². The molecule has 4 heteroatoms. The minimum absolute atomic E-state index is 0.325. The first-order valence-corrected chi connectivity index (χ1v) is 9.35. The number of ether oxygens (including phenoxy) is 1. The summed E-state index contributed by atoms with van der Waals surface area (Å²) in [5.41, 5.74) is 2.88. The second-order valence-corrected chi connectivity index (χ2v) is 8.35. The van der Waals surface area contributed by atoms with Crippen LogP contribution in [0.15, 0.2) is 48.5 Å². The molecule has 0 amide bonds. The highest BCUT2D eigenvalue weighted by molar-refractivity contribution is 6.62. The minimum Gasteiger partial charge on any atom is -0.489 e. The SMILES string of the molecule is CC(C)c1cccc(COc2ccc(B3OC(C)(C)C(C)(C)O3)cc2)c1. The fourth-order valence-corrected chi connectivity index (χ4v) is 2.91. The molecule has 1 fully saturated rings. The molecule has 138 valence electrons. The van der Waals surface area contributed by atoms with Gasteiger partial charge in [0.05, 0.1) is 11.2 Å². The van der Waals surface area contributed by atoms with Crippen LogP contribution in [0, 0.1) is 0 Å². The molecule has 3 rings (SSSR count). The van der Waals surface area contributed by atoms with Crippen molar-refractivity contribution in [3.8, 4) is 5.75 Å². The van der Waals surface area contributed by atoms with Crippen LogP contribution >= 0.6 is 0 Å². The lowest BCUT2D eigenvalue weighted by Gasteiger charge is -2.32. The molecule has 0 radical (unpaired) electrons. The molecular weight excluding hydrogens is 323 g/mol. The van der Waals surface area contributed by atoms with E-state index in [0.717, 1.165) is 11.2 Å². The van der Waals surface area contributed by atoms with Crippen molar-refractivity contribution < 1.29 is 14.0 Å². The van der Waals surface area contributed by atoms with Gasteiger partial charge in [-0.1, -0.05) is 50.2 Å². The molecule has 1 heterocycles. The van der Waals surface area contributed by atoms with Crippen LogP contribution in [0.1, 0.15) is 58.6 Å². The molecule has 0 unspecified atom stereocenters. The zero-order valence-electron chi connectivity index (χ0n) is 16.7. The fraction of sp³-hybridized carbons (Fsp3) is 0.455. The molecule has 0 spiro atoms. The van der Waals surface area contributed by atoms with Crippen molar-refractivity contribution in [2.24, 2.45) is 0 Å². The van der Waals surface area contributed by atoms with Crippen LogP contribution in [-0.2, 0) is 15.9 Å². The Labute approximate surface area is 157 Å². The lowest BCUT2D eigenvalue weighted by molar-refractivity contribution is 0.00578. The second-order valence-electron chi connectivity index (χ2n) is 8.35. The normalized spacial score (nSPS) is 18.3. The molecule has 3 nitrogen and oxygen atoms in total.